The van der Waals surface area contributed by atoms with E-state index in [1.54, 1.807) is 12.3 Å². The number of nitrogens with one attached hydrogen (secondary N) is 1. The van der Waals surface area contributed by atoms with E-state index in [1.165, 1.54) is 4.68 Å². The minimum absolute atomic E-state index is 0.163. The molecule has 7 heteroatoms. The van der Waals surface area contributed by atoms with Crippen molar-refractivity contribution >= 4 is 11.4 Å². The van der Waals surface area contributed by atoms with Crippen LogP contribution in [0.15, 0.2) is 53.6 Å². The first-order chi connectivity index (χ1) is 13.2. The Hall–Kier alpha value is -2.93. The highest BCUT2D eigenvalue weighted by atomic mass is 16.5. The first-order valence-electron chi connectivity index (χ1n) is 9.24. The van der Waals surface area contributed by atoms with Crippen molar-refractivity contribution in [2.75, 3.05) is 13.2 Å². The van der Waals surface area contributed by atoms with E-state index in [0.717, 1.165) is 24.1 Å². The summed E-state index contributed by atoms with van der Waals surface area (Å²) in [6.45, 7) is 0.731. The Labute approximate surface area is 155 Å². The monoisotopic (exact) mass is 364 g/mol. The Kier molecular flexibility index (Phi) is 3.82. The number of nitrogens with zero attached hydrogens (tertiary/aromatic N) is 3. The van der Waals surface area contributed by atoms with Crippen LogP contribution in [0.4, 0.5) is 0 Å². The zero-order valence-electron chi connectivity index (χ0n) is 14.7. The summed E-state index contributed by atoms with van der Waals surface area (Å²) in [6.07, 6.45) is 5.94. The van der Waals surface area contributed by atoms with Gasteiger partial charge in [-0.1, -0.05) is 6.07 Å². The molecule has 2 atom stereocenters. The summed E-state index contributed by atoms with van der Waals surface area (Å²) < 4.78 is 8.96. The SMILES string of the molecule is O=C(NC1COCC1n1nc(C2CC2)ccc1=O)c1cc2ccccn2c1. The number of fused-ring (bicyclic) bond motifs is 1. The molecular formula is C20H20N4O3. The van der Waals surface area contributed by atoms with Crippen LogP contribution in [-0.2, 0) is 4.74 Å². The van der Waals surface area contributed by atoms with Crippen molar-refractivity contribution in [2.45, 2.75) is 30.8 Å². The summed E-state index contributed by atoms with van der Waals surface area (Å²) in [5.41, 5.74) is 2.32. The van der Waals surface area contributed by atoms with Gasteiger partial charge in [0.1, 0.15) is 6.04 Å². The van der Waals surface area contributed by atoms with Crippen LogP contribution in [0.3, 0.4) is 0 Å². The summed E-state index contributed by atoms with van der Waals surface area (Å²) >= 11 is 0. The maximum absolute atomic E-state index is 12.7. The Bertz CT molecular complexity index is 1030. The van der Waals surface area contributed by atoms with Crippen LogP contribution in [0.2, 0.25) is 0 Å². The third-order valence-corrected chi connectivity index (χ3v) is 5.29. The fourth-order valence-corrected chi connectivity index (χ4v) is 3.63. The van der Waals surface area contributed by atoms with Crippen LogP contribution >= 0.6 is 0 Å². The molecule has 1 aliphatic carbocycles. The minimum Gasteiger partial charge on any atom is -0.377 e. The highest BCUT2D eigenvalue weighted by Gasteiger charge is 2.34. The van der Waals surface area contributed by atoms with Crippen LogP contribution in [0.5, 0.6) is 0 Å². The zero-order valence-corrected chi connectivity index (χ0v) is 14.7. The summed E-state index contributed by atoms with van der Waals surface area (Å²) in [5, 5.41) is 7.57. The first-order valence-corrected chi connectivity index (χ1v) is 9.24. The second-order valence-electron chi connectivity index (χ2n) is 7.26. The van der Waals surface area contributed by atoms with Crippen LogP contribution in [0, 0.1) is 0 Å². The number of rotatable bonds is 4. The van der Waals surface area contributed by atoms with E-state index in [4.69, 9.17) is 4.74 Å². The van der Waals surface area contributed by atoms with Gasteiger partial charge in [0.15, 0.2) is 0 Å². The zero-order chi connectivity index (χ0) is 18.4. The van der Waals surface area contributed by atoms with Gasteiger partial charge >= 0.3 is 0 Å². The predicted molar refractivity (Wildman–Crippen MR) is 99.0 cm³/mol. The summed E-state index contributed by atoms with van der Waals surface area (Å²) in [6, 6.07) is 10.4. The Morgan fingerprint density at radius 2 is 2.07 bits per heavy atom. The molecule has 0 aromatic carbocycles. The molecule has 0 radical (unpaired) electrons. The third-order valence-electron chi connectivity index (χ3n) is 5.29. The molecule has 1 saturated heterocycles. The third kappa shape index (κ3) is 3.04. The van der Waals surface area contributed by atoms with E-state index < -0.39 is 0 Å². The van der Waals surface area contributed by atoms with Crippen molar-refractivity contribution in [2.24, 2.45) is 0 Å². The molecule has 7 nitrogen and oxygen atoms in total. The summed E-state index contributed by atoms with van der Waals surface area (Å²) in [7, 11) is 0. The molecule has 3 aromatic heterocycles. The van der Waals surface area contributed by atoms with Gasteiger partial charge in [0, 0.05) is 29.9 Å². The van der Waals surface area contributed by atoms with Crippen molar-refractivity contribution in [3.63, 3.8) is 0 Å². The number of hydrogen-bond donors (Lipinski definition) is 1. The van der Waals surface area contributed by atoms with Gasteiger partial charge in [-0.2, -0.15) is 5.10 Å². The van der Waals surface area contributed by atoms with Gasteiger partial charge < -0.3 is 14.5 Å². The maximum Gasteiger partial charge on any atom is 0.267 e. The molecule has 138 valence electrons. The smallest absolute Gasteiger partial charge is 0.267 e. The molecule has 0 bridgehead atoms. The van der Waals surface area contributed by atoms with Gasteiger partial charge in [-0.3, -0.25) is 9.59 Å². The fourth-order valence-electron chi connectivity index (χ4n) is 3.63. The molecule has 3 aromatic rings. The molecule has 1 aliphatic heterocycles. The van der Waals surface area contributed by atoms with Gasteiger partial charge in [-0.05, 0) is 37.1 Å². The number of carbonyl (C=O) groups excluding carboxylic acids is 1. The quantitative estimate of drug-likeness (QED) is 0.765. The van der Waals surface area contributed by atoms with Gasteiger partial charge in [-0.25, -0.2) is 4.68 Å². The van der Waals surface area contributed by atoms with Crippen LogP contribution in [-0.4, -0.2) is 39.3 Å². The van der Waals surface area contributed by atoms with Crippen LogP contribution < -0.4 is 10.9 Å². The average molecular weight is 364 g/mol. The van der Waals surface area contributed by atoms with Gasteiger partial charge in [0.25, 0.3) is 11.5 Å². The van der Waals surface area contributed by atoms with Crippen molar-refractivity contribution in [3.8, 4) is 0 Å². The number of carbonyl (C=O) groups is 1. The second kappa shape index (κ2) is 6.35. The number of ether oxygens (including phenoxy) is 1. The molecule has 2 aliphatic rings. The molecule has 5 rings (SSSR count). The van der Waals surface area contributed by atoms with E-state index in [9.17, 15) is 9.59 Å². The Morgan fingerprint density at radius 1 is 1.19 bits per heavy atom. The molecule has 27 heavy (non-hydrogen) atoms. The summed E-state index contributed by atoms with van der Waals surface area (Å²) in [4.78, 5) is 25.1. The van der Waals surface area contributed by atoms with Crippen molar-refractivity contribution in [1.82, 2.24) is 19.5 Å². The molecule has 1 saturated carbocycles. The first kappa shape index (κ1) is 16.3. The molecular weight excluding hydrogens is 344 g/mol. The van der Waals surface area contributed by atoms with Crippen LogP contribution in [0.1, 0.15) is 40.9 Å². The molecule has 1 amide bonds. The lowest BCUT2D eigenvalue weighted by molar-refractivity contribution is 0.0924. The maximum atomic E-state index is 12.7. The normalized spacial score (nSPS) is 22.2. The number of hydrogen-bond acceptors (Lipinski definition) is 4. The number of pyridine rings is 1. The average Bonchev–Trinajstić information content (AvgIpc) is 3.27. The predicted octanol–water partition coefficient (Wildman–Crippen LogP) is 1.74. The lowest BCUT2D eigenvalue weighted by Gasteiger charge is -2.20. The topological polar surface area (TPSA) is 77.6 Å². The minimum atomic E-state index is -0.294. The lowest BCUT2D eigenvalue weighted by atomic mass is 10.1. The van der Waals surface area contributed by atoms with E-state index in [-0.39, 0.29) is 23.6 Å². The standard InChI is InChI=1S/C20H20N4O3/c25-19-7-6-16(13-4-5-13)22-24(19)18-12-27-11-17(18)21-20(26)14-9-15-3-1-2-8-23(15)10-14/h1-3,6-10,13,17-18H,4-5,11-12H2,(H,21,26). The number of amides is 1. The largest absolute Gasteiger partial charge is 0.377 e. The van der Waals surface area contributed by atoms with Crippen molar-refractivity contribution in [3.05, 3.63) is 70.4 Å². The van der Waals surface area contributed by atoms with E-state index in [0.29, 0.717) is 24.7 Å². The Balaban J connectivity index is 1.39. The molecule has 2 unspecified atom stereocenters. The van der Waals surface area contributed by atoms with Crippen LogP contribution in [0.25, 0.3) is 5.52 Å². The number of aromatic nitrogens is 3. The Morgan fingerprint density at radius 3 is 2.89 bits per heavy atom. The van der Waals surface area contributed by atoms with Crippen molar-refractivity contribution in [1.29, 1.82) is 0 Å². The molecule has 2 fully saturated rings. The molecule has 4 heterocycles. The van der Waals surface area contributed by atoms with E-state index >= 15 is 0 Å². The fraction of sp³-hybridized carbons (Fsp3) is 0.350. The lowest BCUT2D eigenvalue weighted by Crippen LogP contribution is -2.44. The summed E-state index contributed by atoms with van der Waals surface area (Å²) in [5.74, 6) is 0.284. The van der Waals surface area contributed by atoms with Gasteiger partial charge in [-0.15, -0.1) is 0 Å². The second-order valence-corrected chi connectivity index (χ2v) is 7.26. The highest BCUT2D eigenvalue weighted by molar-refractivity contribution is 5.95. The highest BCUT2D eigenvalue weighted by Crippen LogP contribution is 2.38. The van der Waals surface area contributed by atoms with Gasteiger partial charge in [0.05, 0.1) is 30.5 Å². The van der Waals surface area contributed by atoms with E-state index in [1.807, 2.05) is 40.9 Å². The molecule has 0 spiro atoms. The van der Waals surface area contributed by atoms with E-state index in [2.05, 4.69) is 10.4 Å². The molecule has 1 N–H and O–H groups in total. The van der Waals surface area contributed by atoms with Crippen molar-refractivity contribution < 1.29 is 9.53 Å². The van der Waals surface area contributed by atoms with Gasteiger partial charge in [0.2, 0.25) is 0 Å².